The molecule has 0 aliphatic heterocycles. The van der Waals surface area contributed by atoms with Crippen LogP contribution in [0.5, 0.6) is 0 Å². The minimum atomic E-state index is -0.533. The van der Waals surface area contributed by atoms with Crippen molar-refractivity contribution in [2.24, 2.45) is 40.4 Å². The third-order valence-corrected chi connectivity index (χ3v) is 11.3. The number of hydrogen-bond donors (Lipinski definition) is 1. The zero-order chi connectivity index (χ0) is 25.3. The summed E-state index contributed by atoms with van der Waals surface area (Å²) in [5.74, 6) is 2.98. The van der Waals surface area contributed by atoms with E-state index in [2.05, 4.69) is 17.0 Å². The van der Waals surface area contributed by atoms with Gasteiger partial charge in [0, 0.05) is 30.3 Å². The summed E-state index contributed by atoms with van der Waals surface area (Å²) in [6, 6.07) is 2.04. The lowest BCUT2D eigenvalue weighted by Gasteiger charge is -2.62. The van der Waals surface area contributed by atoms with Gasteiger partial charge in [-0.1, -0.05) is 6.92 Å². The molecule has 4 saturated carbocycles. The molecule has 1 N–H and O–H groups in total. The molecule has 4 aliphatic carbocycles. The number of methoxy groups -OCH3 is 1. The van der Waals surface area contributed by atoms with Crippen LogP contribution < -0.4 is 0 Å². The van der Waals surface area contributed by atoms with Crippen molar-refractivity contribution in [2.45, 2.75) is 90.7 Å². The second-order valence-electron chi connectivity index (χ2n) is 13.4. The molecule has 0 saturated heterocycles. The van der Waals surface area contributed by atoms with Gasteiger partial charge < -0.3 is 9.84 Å². The van der Waals surface area contributed by atoms with Gasteiger partial charge in [0.15, 0.2) is 5.78 Å². The van der Waals surface area contributed by atoms with Crippen molar-refractivity contribution in [3.63, 3.8) is 0 Å². The highest BCUT2D eigenvalue weighted by molar-refractivity contribution is 5.83. The van der Waals surface area contributed by atoms with Gasteiger partial charge in [-0.05, 0) is 112 Å². The van der Waals surface area contributed by atoms with Crippen LogP contribution in [0.4, 0.5) is 0 Å². The Morgan fingerprint density at radius 3 is 2.78 bits per heavy atom. The van der Waals surface area contributed by atoms with Gasteiger partial charge >= 0.3 is 0 Å². The summed E-state index contributed by atoms with van der Waals surface area (Å²) >= 11 is 0. The molecule has 4 fully saturated rings. The number of aromatic nitrogens is 3. The Labute approximate surface area is 215 Å². The molecular formula is C30H43N3O3. The van der Waals surface area contributed by atoms with E-state index in [-0.39, 0.29) is 16.7 Å². The summed E-state index contributed by atoms with van der Waals surface area (Å²) in [5.41, 5.74) is 1.58. The van der Waals surface area contributed by atoms with Gasteiger partial charge in [-0.15, -0.1) is 0 Å². The minimum absolute atomic E-state index is 0.0875. The number of hydrogen-bond acceptors (Lipinski definition) is 5. The molecule has 8 atom stereocenters. The Kier molecular flexibility index (Phi) is 5.88. The lowest BCUT2D eigenvalue weighted by atomic mass is 9.43. The van der Waals surface area contributed by atoms with E-state index in [1.165, 1.54) is 25.7 Å². The van der Waals surface area contributed by atoms with E-state index >= 15 is 0 Å². The van der Waals surface area contributed by atoms with Crippen molar-refractivity contribution < 1.29 is 14.6 Å². The Hall–Kier alpha value is -1.79. The molecule has 0 amide bonds. The van der Waals surface area contributed by atoms with Crippen LogP contribution in [0.15, 0.2) is 18.5 Å². The maximum atomic E-state index is 13.7. The first-order chi connectivity index (χ1) is 17.1. The Balaban J connectivity index is 1.22. The molecule has 6 heteroatoms. The molecule has 6 rings (SSSR count). The Bertz CT molecular complexity index is 1160. The average molecular weight is 494 g/mol. The van der Waals surface area contributed by atoms with Crippen LogP contribution >= 0.6 is 0 Å². The van der Waals surface area contributed by atoms with Gasteiger partial charge in [-0.25, -0.2) is 0 Å². The quantitative estimate of drug-likeness (QED) is 0.608. The van der Waals surface area contributed by atoms with E-state index in [1.807, 2.05) is 37.9 Å². The summed E-state index contributed by atoms with van der Waals surface area (Å²) in [5, 5.41) is 16.6. The molecule has 2 aromatic rings. The van der Waals surface area contributed by atoms with Crippen LogP contribution in [0.3, 0.4) is 0 Å². The predicted octanol–water partition coefficient (Wildman–Crippen LogP) is 5.35. The van der Waals surface area contributed by atoms with E-state index < -0.39 is 5.60 Å². The van der Waals surface area contributed by atoms with Crippen molar-refractivity contribution in [1.82, 2.24) is 14.8 Å². The van der Waals surface area contributed by atoms with E-state index in [1.54, 1.807) is 6.20 Å². The molecule has 0 spiro atoms. The number of rotatable bonds is 5. The van der Waals surface area contributed by atoms with Gasteiger partial charge in [-0.2, -0.15) is 5.10 Å². The van der Waals surface area contributed by atoms with Crippen LogP contribution in [0.1, 0.15) is 77.3 Å². The van der Waals surface area contributed by atoms with Crippen molar-refractivity contribution in [3.8, 4) is 0 Å². The monoisotopic (exact) mass is 493 g/mol. The number of fused-ring (bicyclic) bond motifs is 6. The fourth-order valence-electron chi connectivity index (χ4n) is 9.75. The topological polar surface area (TPSA) is 77.2 Å². The number of carbonyl (C=O) groups excluding carboxylic acids is 1. The molecule has 0 unspecified atom stereocenters. The van der Waals surface area contributed by atoms with E-state index in [0.717, 1.165) is 55.3 Å². The van der Waals surface area contributed by atoms with Gasteiger partial charge in [-0.3, -0.25) is 14.5 Å². The zero-order valence-corrected chi connectivity index (χ0v) is 22.5. The van der Waals surface area contributed by atoms with Crippen LogP contribution in [0.2, 0.25) is 0 Å². The van der Waals surface area contributed by atoms with Crippen molar-refractivity contribution in [3.05, 3.63) is 24.2 Å². The number of aryl methyl sites for hydroxylation is 1. The maximum absolute atomic E-state index is 13.7. The molecule has 4 aliphatic rings. The van der Waals surface area contributed by atoms with Crippen LogP contribution in [0, 0.1) is 47.3 Å². The van der Waals surface area contributed by atoms with E-state index in [4.69, 9.17) is 4.74 Å². The second kappa shape index (κ2) is 8.62. The van der Waals surface area contributed by atoms with Crippen molar-refractivity contribution >= 4 is 16.7 Å². The molecule has 36 heavy (non-hydrogen) atoms. The first-order valence-electron chi connectivity index (χ1n) is 14.2. The number of carbonyl (C=O) groups is 1. The zero-order valence-electron chi connectivity index (χ0n) is 22.5. The predicted molar refractivity (Wildman–Crippen MR) is 139 cm³/mol. The third kappa shape index (κ3) is 3.77. The summed E-state index contributed by atoms with van der Waals surface area (Å²) in [6.45, 7) is 7.62. The highest BCUT2D eigenvalue weighted by Crippen LogP contribution is 2.68. The SMILES string of the molecule is COC[C@]12CC[C@@](C)(O)C[C@@H]1CC[C@H]1[C@@H]3CC[C@H](C(=O)Cn4cc5cc(C)ncc5n4)[C@@]3(C)CC[C@@H]12. The summed E-state index contributed by atoms with van der Waals surface area (Å²) < 4.78 is 7.74. The second-order valence-corrected chi connectivity index (χ2v) is 13.4. The Morgan fingerprint density at radius 1 is 1.14 bits per heavy atom. The molecule has 0 bridgehead atoms. The first-order valence-corrected chi connectivity index (χ1v) is 14.2. The highest BCUT2D eigenvalue weighted by Gasteiger charge is 2.63. The first kappa shape index (κ1) is 24.5. The summed E-state index contributed by atoms with van der Waals surface area (Å²) in [6.07, 6.45) is 13.6. The summed E-state index contributed by atoms with van der Waals surface area (Å²) in [4.78, 5) is 18.1. The van der Waals surface area contributed by atoms with Crippen LogP contribution in [-0.4, -0.2) is 45.0 Å². The molecule has 0 radical (unpaired) electrons. The van der Waals surface area contributed by atoms with Crippen LogP contribution in [-0.2, 0) is 16.1 Å². The molecule has 0 aromatic carbocycles. The molecule has 2 aromatic heterocycles. The minimum Gasteiger partial charge on any atom is -0.390 e. The number of ether oxygens (including phenoxy) is 1. The number of aliphatic hydroxyl groups is 1. The van der Waals surface area contributed by atoms with Gasteiger partial charge in [0.25, 0.3) is 0 Å². The number of pyridine rings is 1. The lowest BCUT2D eigenvalue weighted by Crippen LogP contribution is -2.58. The number of Topliss-reactive ketones (excluding diaryl/α,β-unsaturated/α-hetero) is 1. The molecular weight excluding hydrogens is 450 g/mol. The summed E-state index contributed by atoms with van der Waals surface area (Å²) in [7, 11) is 1.86. The lowest BCUT2D eigenvalue weighted by molar-refractivity contribution is -0.175. The normalized spacial score (nSPS) is 42.1. The number of nitrogens with zero attached hydrogens (tertiary/aromatic N) is 3. The fourth-order valence-corrected chi connectivity index (χ4v) is 9.75. The standard InChI is InChI=1S/C30H43N3O3/c1-19-13-20-16-33(32-26(20)15-31-19)17-27(34)25-8-7-23-22-6-5-21-14-28(2,35)11-12-30(21,18-36-4)24(22)9-10-29(23,25)3/h13,15-16,21-25,35H,5-12,14,17-18H2,1-4H3/t21-,22-,23-,24-,25+,28+,29-,30+/m0/s1. The Morgan fingerprint density at radius 2 is 1.97 bits per heavy atom. The van der Waals surface area contributed by atoms with Crippen LogP contribution in [0.25, 0.3) is 10.9 Å². The van der Waals surface area contributed by atoms with Crippen molar-refractivity contribution in [2.75, 3.05) is 13.7 Å². The molecule has 196 valence electrons. The smallest absolute Gasteiger partial charge is 0.157 e. The largest absolute Gasteiger partial charge is 0.390 e. The van der Waals surface area contributed by atoms with Gasteiger partial charge in [0.2, 0.25) is 0 Å². The van der Waals surface area contributed by atoms with Crippen molar-refractivity contribution in [1.29, 1.82) is 0 Å². The average Bonchev–Trinajstić information content (AvgIpc) is 3.38. The fraction of sp³-hybridized carbons (Fsp3) is 0.767. The van der Waals surface area contributed by atoms with E-state index in [9.17, 15) is 9.90 Å². The molecule has 2 heterocycles. The van der Waals surface area contributed by atoms with E-state index in [0.29, 0.717) is 36.0 Å². The molecule has 6 nitrogen and oxygen atoms in total. The highest BCUT2D eigenvalue weighted by atomic mass is 16.5. The third-order valence-electron chi connectivity index (χ3n) is 11.3. The maximum Gasteiger partial charge on any atom is 0.157 e. The van der Waals surface area contributed by atoms with Gasteiger partial charge in [0.05, 0.1) is 24.9 Å². The van der Waals surface area contributed by atoms with Gasteiger partial charge in [0.1, 0.15) is 5.52 Å². The number of ketones is 1.